The van der Waals surface area contributed by atoms with Crippen LogP contribution >= 0.6 is 11.8 Å². The number of aromatic nitrogens is 3. The summed E-state index contributed by atoms with van der Waals surface area (Å²) in [6.45, 7) is 2.81. The number of hydrogen-bond donors (Lipinski definition) is 1. The molecule has 0 spiro atoms. The Morgan fingerprint density at radius 3 is 2.75 bits per heavy atom. The molecule has 1 atom stereocenters. The molecule has 1 aromatic carbocycles. The van der Waals surface area contributed by atoms with Gasteiger partial charge >= 0.3 is 0 Å². The molecule has 1 aliphatic heterocycles. The quantitative estimate of drug-likeness (QED) is 0.707. The summed E-state index contributed by atoms with van der Waals surface area (Å²) in [6, 6.07) is 11.2. The predicted molar refractivity (Wildman–Crippen MR) is 114 cm³/mol. The van der Waals surface area contributed by atoms with Crippen molar-refractivity contribution in [3.8, 4) is 11.4 Å². The van der Waals surface area contributed by atoms with Crippen LogP contribution in [0.3, 0.4) is 0 Å². The third-order valence-electron chi connectivity index (χ3n) is 4.88. The maximum atomic E-state index is 11.9. The molecule has 0 amide bonds. The zero-order chi connectivity index (χ0) is 19.9. The molecule has 4 rings (SSSR count). The summed E-state index contributed by atoms with van der Waals surface area (Å²) < 4.78 is 25.7. The third kappa shape index (κ3) is 3.42. The highest BCUT2D eigenvalue weighted by molar-refractivity contribution is 7.99. The molecule has 146 valence electrons. The number of nitrogens with zero attached hydrogens (tertiary/aromatic N) is 3. The molecule has 3 heterocycles. The van der Waals surface area contributed by atoms with Crippen LogP contribution in [0.4, 0.5) is 5.82 Å². The van der Waals surface area contributed by atoms with Crippen molar-refractivity contribution in [1.82, 2.24) is 14.8 Å². The fourth-order valence-electron chi connectivity index (χ4n) is 3.54. The molecule has 3 aromatic rings. The van der Waals surface area contributed by atoms with Crippen molar-refractivity contribution in [2.24, 2.45) is 7.05 Å². The van der Waals surface area contributed by atoms with Crippen LogP contribution in [0.1, 0.15) is 21.9 Å². The molecule has 1 unspecified atom stereocenters. The van der Waals surface area contributed by atoms with Crippen molar-refractivity contribution in [3.63, 3.8) is 0 Å². The molecule has 6 nitrogen and oxygen atoms in total. The highest BCUT2D eigenvalue weighted by Gasteiger charge is 2.30. The molecule has 0 saturated carbocycles. The van der Waals surface area contributed by atoms with Crippen LogP contribution in [0, 0.1) is 6.92 Å². The van der Waals surface area contributed by atoms with Gasteiger partial charge in [-0.2, -0.15) is 5.10 Å². The van der Waals surface area contributed by atoms with Gasteiger partial charge in [0.1, 0.15) is 11.5 Å². The fraction of sp³-hybridized carbons (Fsp3) is 0.300. The maximum absolute atomic E-state index is 11.9. The van der Waals surface area contributed by atoms with Crippen LogP contribution in [0.25, 0.3) is 11.4 Å². The Bertz CT molecular complexity index is 1120. The van der Waals surface area contributed by atoms with Crippen LogP contribution in [0.5, 0.6) is 0 Å². The minimum absolute atomic E-state index is 0.0457. The SMILES string of the molecule is Cc1cc(S(C)(=O)=O)ccc1C1SCCNc2c1c(-c1ccccn1)nn2C. The van der Waals surface area contributed by atoms with Crippen molar-refractivity contribution in [1.29, 1.82) is 0 Å². The van der Waals surface area contributed by atoms with E-state index in [2.05, 4.69) is 10.3 Å². The van der Waals surface area contributed by atoms with Gasteiger partial charge in [-0.15, -0.1) is 11.8 Å². The Morgan fingerprint density at radius 1 is 1.25 bits per heavy atom. The molecule has 0 saturated heterocycles. The monoisotopic (exact) mass is 414 g/mol. The van der Waals surface area contributed by atoms with Crippen molar-refractivity contribution >= 4 is 27.4 Å². The molecule has 2 aromatic heterocycles. The summed E-state index contributed by atoms with van der Waals surface area (Å²) >= 11 is 1.84. The Hall–Kier alpha value is -2.32. The van der Waals surface area contributed by atoms with E-state index in [1.165, 1.54) is 6.26 Å². The number of pyridine rings is 1. The van der Waals surface area contributed by atoms with E-state index in [1.54, 1.807) is 18.3 Å². The normalized spacial score (nSPS) is 16.9. The average Bonchev–Trinajstić information content (AvgIpc) is 2.85. The van der Waals surface area contributed by atoms with Crippen molar-refractivity contribution in [3.05, 3.63) is 59.3 Å². The Balaban J connectivity index is 1.90. The highest BCUT2D eigenvalue weighted by Crippen LogP contribution is 2.46. The molecule has 0 aliphatic carbocycles. The molecular weight excluding hydrogens is 392 g/mol. The van der Waals surface area contributed by atoms with E-state index in [0.29, 0.717) is 4.90 Å². The lowest BCUT2D eigenvalue weighted by Crippen LogP contribution is -2.06. The second kappa shape index (κ2) is 7.25. The molecule has 8 heteroatoms. The lowest BCUT2D eigenvalue weighted by molar-refractivity contribution is 0.601. The summed E-state index contributed by atoms with van der Waals surface area (Å²) in [5, 5.41) is 8.29. The van der Waals surface area contributed by atoms with Crippen molar-refractivity contribution in [2.45, 2.75) is 17.1 Å². The summed E-state index contributed by atoms with van der Waals surface area (Å²) in [7, 11) is -1.30. The number of anilines is 1. The zero-order valence-corrected chi connectivity index (χ0v) is 17.6. The van der Waals surface area contributed by atoms with Gasteiger partial charge in [-0.1, -0.05) is 12.1 Å². The van der Waals surface area contributed by atoms with Gasteiger partial charge in [0, 0.05) is 37.4 Å². The van der Waals surface area contributed by atoms with Crippen LogP contribution < -0.4 is 5.32 Å². The molecule has 0 bridgehead atoms. The highest BCUT2D eigenvalue weighted by atomic mass is 32.2. The van der Waals surface area contributed by atoms with E-state index in [1.807, 2.05) is 54.7 Å². The van der Waals surface area contributed by atoms with E-state index < -0.39 is 9.84 Å². The van der Waals surface area contributed by atoms with Gasteiger partial charge in [-0.05, 0) is 42.3 Å². The summed E-state index contributed by atoms with van der Waals surface area (Å²) in [5.74, 6) is 1.93. The Kier molecular flexibility index (Phi) is 4.93. The smallest absolute Gasteiger partial charge is 0.175 e. The Morgan fingerprint density at radius 2 is 2.07 bits per heavy atom. The van der Waals surface area contributed by atoms with Gasteiger partial charge in [0.2, 0.25) is 0 Å². The first-order chi connectivity index (χ1) is 13.4. The molecule has 28 heavy (non-hydrogen) atoms. The molecule has 0 radical (unpaired) electrons. The largest absolute Gasteiger partial charge is 0.369 e. The van der Waals surface area contributed by atoms with Crippen molar-refractivity contribution < 1.29 is 8.42 Å². The number of fused-ring (bicyclic) bond motifs is 1. The number of nitrogens with one attached hydrogen (secondary N) is 1. The predicted octanol–water partition coefficient (Wildman–Crippen LogP) is 3.44. The Labute approximate surface area is 169 Å². The minimum Gasteiger partial charge on any atom is -0.369 e. The van der Waals surface area contributed by atoms with Gasteiger partial charge in [0.15, 0.2) is 9.84 Å². The number of aryl methyl sites for hydroxylation is 2. The second-order valence-electron chi connectivity index (χ2n) is 6.92. The van der Waals surface area contributed by atoms with Gasteiger partial charge in [0.25, 0.3) is 0 Å². The maximum Gasteiger partial charge on any atom is 0.175 e. The van der Waals surface area contributed by atoms with E-state index in [4.69, 9.17) is 5.10 Å². The van der Waals surface area contributed by atoms with Crippen LogP contribution in [0.15, 0.2) is 47.5 Å². The number of rotatable bonds is 3. The molecular formula is C20H22N4O2S2. The number of thioether (sulfide) groups is 1. The second-order valence-corrected chi connectivity index (χ2v) is 10.1. The average molecular weight is 415 g/mol. The van der Waals surface area contributed by atoms with Gasteiger partial charge in [-0.25, -0.2) is 8.42 Å². The van der Waals surface area contributed by atoms with Crippen molar-refractivity contribution in [2.75, 3.05) is 23.9 Å². The molecule has 0 fully saturated rings. The van der Waals surface area contributed by atoms with E-state index >= 15 is 0 Å². The molecule has 1 aliphatic rings. The standard InChI is InChI=1S/C20H22N4O2S2/c1-13-12-14(28(3,25)26)7-8-15(13)19-17-18(16-6-4-5-9-21-16)23-24(2)20(17)22-10-11-27-19/h4-9,12,19,22H,10-11H2,1-3H3. The fourth-order valence-corrected chi connectivity index (χ4v) is 5.53. The zero-order valence-electron chi connectivity index (χ0n) is 16.0. The van der Waals surface area contributed by atoms with Gasteiger partial charge < -0.3 is 5.32 Å². The number of sulfone groups is 1. The van der Waals surface area contributed by atoms with Crippen LogP contribution in [-0.4, -0.2) is 41.7 Å². The van der Waals surface area contributed by atoms with Crippen LogP contribution in [-0.2, 0) is 16.9 Å². The third-order valence-corrected chi connectivity index (χ3v) is 7.26. The number of benzene rings is 1. The van der Waals surface area contributed by atoms with Gasteiger partial charge in [0.05, 0.1) is 15.8 Å². The summed E-state index contributed by atoms with van der Waals surface area (Å²) in [4.78, 5) is 4.85. The lowest BCUT2D eigenvalue weighted by atomic mass is 9.98. The first kappa shape index (κ1) is 19.0. The summed E-state index contributed by atoms with van der Waals surface area (Å²) in [6.07, 6.45) is 3.01. The number of hydrogen-bond acceptors (Lipinski definition) is 6. The first-order valence-corrected chi connectivity index (χ1v) is 11.9. The minimum atomic E-state index is -3.23. The van der Waals surface area contributed by atoms with Gasteiger partial charge in [-0.3, -0.25) is 9.67 Å². The van der Waals surface area contributed by atoms with E-state index in [0.717, 1.165) is 46.2 Å². The van der Waals surface area contributed by atoms with E-state index in [9.17, 15) is 8.42 Å². The van der Waals surface area contributed by atoms with E-state index in [-0.39, 0.29) is 5.25 Å². The summed E-state index contributed by atoms with van der Waals surface area (Å²) in [5.41, 5.74) is 4.85. The first-order valence-electron chi connectivity index (χ1n) is 9.00. The lowest BCUT2D eigenvalue weighted by Gasteiger charge is -2.19. The molecule has 1 N–H and O–H groups in total. The topological polar surface area (TPSA) is 76.9 Å². The van der Waals surface area contributed by atoms with Crippen LogP contribution in [0.2, 0.25) is 0 Å².